The van der Waals surface area contributed by atoms with Gasteiger partial charge in [-0.1, -0.05) is 19.8 Å². The highest BCUT2D eigenvalue weighted by atomic mass is 15.2. The minimum atomic E-state index is 0.348. The molecule has 1 saturated heterocycles. The molecule has 2 aliphatic rings. The van der Waals surface area contributed by atoms with Crippen molar-refractivity contribution in [3.63, 3.8) is 0 Å². The molecule has 4 heteroatoms. The summed E-state index contributed by atoms with van der Waals surface area (Å²) in [5, 5.41) is 0. The fourth-order valence-electron chi connectivity index (χ4n) is 3.71. The average molecular weight is 276 g/mol. The van der Waals surface area contributed by atoms with E-state index in [-0.39, 0.29) is 0 Å². The summed E-state index contributed by atoms with van der Waals surface area (Å²) in [7, 11) is 0. The lowest BCUT2D eigenvalue weighted by molar-refractivity contribution is 0.130. The fourth-order valence-corrected chi connectivity index (χ4v) is 3.71. The van der Waals surface area contributed by atoms with Crippen molar-refractivity contribution in [3.8, 4) is 0 Å². The van der Waals surface area contributed by atoms with Gasteiger partial charge in [0, 0.05) is 24.8 Å². The first-order valence-corrected chi connectivity index (χ1v) is 8.32. The van der Waals surface area contributed by atoms with Gasteiger partial charge in [-0.3, -0.25) is 4.90 Å². The molecule has 0 bridgehead atoms. The number of nitrogens with two attached hydrogens (primary N) is 1. The highest BCUT2D eigenvalue weighted by molar-refractivity contribution is 5.11. The Bertz CT molecular complexity index is 424. The van der Waals surface area contributed by atoms with Crippen LogP contribution in [0.15, 0.2) is 12.5 Å². The molecule has 1 saturated carbocycles. The predicted octanol–water partition coefficient (Wildman–Crippen LogP) is 2.87. The summed E-state index contributed by atoms with van der Waals surface area (Å²) in [6.45, 7) is 4.21. The second kappa shape index (κ2) is 6.27. The number of hydrogen-bond donors (Lipinski definition) is 1. The third kappa shape index (κ3) is 2.77. The summed E-state index contributed by atoms with van der Waals surface area (Å²) in [6.07, 6.45) is 13.3. The lowest BCUT2D eigenvalue weighted by Gasteiger charge is -2.36. The van der Waals surface area contributed by atoms with Crippen LogP contribution in [-0.2, 0) is 0 Å². The first-order valence-electron chi connectivity index (χ1n) is 8.32. The van der Waals surface area contributed by atoms with E-state index in [0.717, 1.165) is 0 Å². The van der Waals surface area contributed by atoms with Crippen molar-refractivity contribution < 1.29 is 0 Å². The van der Waals surface area contributed by atoms with Crippen molar-refractivity contribution in [1.82, 2.24) is 14.5 Å². The van der Waals surface area contributed by atoms with Crippen molar-refractivity contribution in [2.45, 2.75) is 70.0 Å². The molecule has 1 aliphatic heterocycles. The summed E-state index contributed by atoms with van der Waals surface area (Å²) in [4.78, 5) is 7.07. The maximum Gasteiger partial charge on any atom is 0.0951 e. The predicted molar refractivity (Wildman–Crippen MR) is 81.5 cm³/mol. The Morgan fingerprint density at radius 3 is 2.85 bits per heavy atom. The zero-order chi connectivity index (χ0) is 13.9. The average Bonchev–Trinajstić information content (AvgIpc) is 3.24. The Labute approximate surface area is 122 Å². The van der Waals surface area contributed by atoms with Crippen LogP contribution < -0.4 is 5.73 Å². The lowest BCUT2D eigenvalue weighted by atomic mass is 10.0. The molecule has 2 atom stereocenters. The van der Waals surface area contributed by atoms with Gasteiger partial charge >= 0.3 is 0 Å². The number of likely N-dealkylation sites (tertiary alicyclic amines) is 1. The van der Waals surface area contributed by atoms with Crippen LogP contribution in [0.3, 0.4) is 0 Å². The van der Waals surface area contributed by atoms with Gasteiger partial charge in [0.15, 0.2) is 0 Å². The second-order valence-corrected chi connectivity index (χ2v) is 6.36. The standard InChI is InChI=1S/C16H28N4/c1-2-13-6-4-3-5-9-19(13)15(10-17)16-11-18-12-20(16)14-7-8-14/h11-15H,2-10,17H2,1H3. The number of rotatable bonds is 5. The molecule has 3 rings (SSSR count). The molecule has 2 unspecified atom stereocenters. The largest absolute Gasteiger partial charge is 0.330 e. The molecule has 4 nitrogen and oxygen atoms in total. The Morgan fingerprint density at radius 1 is 1.30 bits per heavy atom. The van der Waals surface area contributed by atoms with Gasteiger partial charge in [-0.15, -0.1) is 0 Å². The van der Waals surface area contributed by atoms with E-state index in [0.29, 0.717) is 24.7 Å². The van der Waals surface area contributed by atoms with Gasteiger partial charge < -0.3 is 10.3 Å². The molecular weight excluding hydrogens is 248 g/mol. The maximum absolute atomic E-state index is 6.17. The normalized spacial score (nSPS) is 26.4. The molecule has 112 valence electrons. The van der Waals surface area contributed by atoms with Crippen LogP contribution in [0.4, 0.5) is 0 Å². The number of hydrogen-bond acceptors (Lipinski definition) is 3. The smallest absolute Gasteiger partial charge is 0.0951 e. The summed E-state index contributed by atoms with van der Waals surface area (Å²) in [5.74, 6) is 0. The molecular formula is C16H28N4. The van der Waals surface area contributed by atoms with Crippen molar-refractivity contribution in [2.75, 3.05) is 13.1 Å². The van der Waals surface area contributed by atoms with Gasteiger partial charge in [-0.05, 0) is 38.6 Å². The molecule has 1 aromatic heterocycles. The van der Waals surface area contributed by atoms with Crippen LogP contribution in [0, 0.1) is 0 Å². The first kappa shape index (κ1) is 14.1. The number of nitrogens with zero attached hydrogens (tertiary/aromatic N) is 3. The topological polar surface area (TPSA) is 47.1 Å². The zero-order valence-electron chi connectivity index (χ0n) is 12.7. The van der Waals surface area contributed by atoms with Crippen LogP contribution in [0.25, 0.3) is 0 Å². The third-order valence-corrected chi connectivity index (χ3v) is 5.00. The van der Waals surface area contributed by atoms with E-state index in [1.165, 1.54) is 57.2 Å². The van der Waals surface area contributed by atoms with Gasteiger partial charge in [0.05, 0.1) is 18.1 Å². The minimum Gasteiger partial charge on any atom is -0.330 e. The Morgan fingerprint density at radius 2 is 2.15 bits per heavy atom. The highest BCUT2D eigenvalue weighted by Gasteiger charge is 2.32. The van der Waals surface area contributed by atoms with Gasteiger partial charge in [0.2, 0.25) is 0 Å². The van der Waals surface area contributed by atoms with E-state index >= 15 is 0 Å². The Kier molecular flexibility index (Phi) is 4.41. The van der Waals surface area contributed by atoms with Crippen LogP contribution >= 0.6 is 0 Å². The molecule has 0 radical (unpaired) electrons. The Balaban J connectivity index is 1.84. The Hall–Kier alpha value is -0.870. The van der Waals surface area contributed by atoms with Gasteiger partial charge in [0.25, 0.3) is 0 Å². The molecule has 0 amide bonds. The van der Waals surface area contributed by atoms with E-state index in [4.69, 9.17) is 5.73 Å². The first-order chi connectivity index (χ1) is 9.85. The summed E-state index contributed by atoms with van der Waals surface area (Å²) in [6, 6.07) is 1.73. The van der Waals surface area contributed by atoms with Crippen LogP contribution in [-0.4, -0.2) is 33.6 Å². The number of imidazole rings is 1. The van der Waals surface area contributed by atoms with Crippen LogP contribution in [0.2, 0.25) is 0 Å². The quantitative estimate of drug-likeness (QED) is 0.899. The minimum absolute atomic E-state index is 0.348. The highest BCUT2D eigenvalue weighted by Crippen LogP contribution is 2.38. The molecule has 2 heterocycles. The second-order valence-electron chi connectivity index (χ2n) is 6.36. The summed E-state index contributed by atoms with van der Waals surface area (Å²) < 4.78 is 2.38. The van der Waals surface area contributed by atoms with Crippen molar-refractivity contribution in [1.29, 1.82) is 0 Å². The van der Waals surface area contributed by atoms with E-state index in [9.17, 15) is 0 Å². The van der Waals surface area contributed by atoms with Crippen molar-refractivity contribution in [3.05, 3.63) is 18.2 Å². The summed E-state index contributed by atoms with van der Waals surface area (Å²) in [5.41, 5.74) is 7.51. The van der Waals surface area contributed by atoms with E-state index in [2.05, 4.69) is 21.4 Å². The fraction of sp³-hybridized carbons (Fsp3) is 0.812. The molecule has 0 aromatic carbocycles. The van der Waals surface area contributed by atoms with Gasteiger partial charge in [0.1, 0.15) is 0 Å². The van der Waals surface area contributed by atoms with Crippen LogP contribution in [0.1, 0.15) is 69.6 Å². The van der Waals surface area contributed by atoms with Gasteiger partial charge in [-0.2, -0.15) is 0 Å². The molecule has 1 aliphatic carbocycles. The van der Waals surface area contributed by atoms with Crippen molar-refractivity contribution in [2.24, 2.45) is 5.73 Å². The molecule has 0 spiro atoms. The SMILES string of the molecule is CCC1CCCCCN1C(CN)c1cncn1C1CC1. The van der Waals surface area contributed by atoms with Crippen LogP contribution in [0.5, 0.6) is 0 Å². The number of aromatic nitrogens is 2. The van der Waals surface area contributed by atoms with Gasteiger partial charge in [-0.25, -0.2) is 4.98 Å². The van der Waals surface area contributed by atoms with E-state index in [1.54, 1.807) is 0 Å². The maximum atomic E-state index is 6.17. The molecule has 2 N–H and O–H groups in total. The monoisotopic (exact) mass is 276 g/mol. The lowest BCUT2D eigenvalue weighted by Crippen LogP contribution is -2.41. The molecule has 20 heavy (non-hydrogen) atoms. The zero-order valence-corrected chi connectivity index (χ0v) is 12.7. The molecule has 2 fully saturated rings. The third-order valence-electron chi connectivity index (χ3n) is 5.00. The molecule has 1 aromatic rings. The summed E-state index contributed by atoms with van der Waals surface area (Å²) >= 11 is 0. The van der Waals surface area contributed by atoms with E-state index in [1.807, 2.05) is 12.5 Å². The van der Waals surface area contributed by atoms with Crippen molar-refractivity contribution >= 4 is 0 Å². The van der Waals surface area contributed by atoms with E-state index < -0.39 is 0 Å².